The van der Waals surface area contributed by atoms with Crippen LogP contribution in [0.15, 0.2) is 35.1 Å². The lowest BCUT2D eigenvalue weighted by Crippen LogP contribution is -2.38. The molecule has 1 aliphatic rings. The molecule has 3 rings (SSSR count). The van der Waals surface area contributed by atoms with Crippen LogP contribution in [-0.2, 0) is 9.53 Å². The number of nitrogens with one attached hydrogen (secondary N) is 1. The summed E-state index contributed by atoms with van der Waals surface area (Å²) in [5.74, 6) is -1.64. The fourth-order valence-electron chi connectivity index (χ4n) is 3.77. The van der Waals surface area contributed by atoms with Crippen LogP contribution in [0.5, 0.6) is 5.75 Å². The molecule has 1 aromatic heterocycles. The van der Waals surface area contributed by atoms with Crippen molar-refractivity contribution in [3.63, 3.8) is 0 Å². The van der Waals surface area contributed by atoms with Crippen molar-refractivity contribution in [2.75, 3.05) is 13.7 Å². The Bertz CT molecular complexity index is 969. The van der Waals surface area contributed by atoms with E-state index >= 15 is 0 Å². The predicted octanol–water partition coefficient (Wildman–Crippen LogP) is 1.96. The number of hydrogen-bond donors (Lipinski definition) is 2. The van der Waals surface area contributed by atoms with Crippen molar-refractivity contribution in [3.05, 3.63) is 51.9 Å². The molecule has 1 fully saturated rings. The van der Waals surface area contributed by atoms with Crippen LogP contribution < -0.4 is 10.9 Å². The second kappa shape index (κ2) is 8.89. The van der Waals surface area contributed by atoms with E-state index in [0.29, 0.717) is 5.69 Å². The van der Waals surface area contributed by atoms with Gasteiger partial charge in [-0.05, 0) is 43.4 Å². The average molecular weight is 399 g/mol. The number of carbonyl (C=O) groups excluding carboxylic acids is 2. The molecule has 1 aromatic carbocycles. The number of esters is 1. The number of aromatic hydroxyl groups is 1. The van der Waals surface area contributed by atoms with Gasteiger partial charge in [-0.15, -0.1) is 0 Å². The Kier molecular flexibility index (Phi) is 6.31. The summed E-state index contributed by atoms with van der Waals surface area (Å²) in [6, 6.07) is 8.09. The number of benzene rings is 1. The molecule has 154 valence electrons. The molecular formula is C21H25N3O5. The molecular weight excluding hydrogens is 374 g/mol. The number of methoxy groups -OCH3 is 1. The summed E-state index contributed by atoms with van der Waals surface area (Å²) in [6.07, 6.45) is 3.47. The Labute approximate surface area is 168 Å². The van der Waals surface area contributed by atoms with E-state index in [9.17, 15) is 19.5 Å². The standard InChI is InChI=1S/C21H25N3O5/c1-13-6-5-8-15(10-13)24-18(26)11-17(25)19(23-24)20(27)22-12-14-7-3-4-9-16(14)21(28)29-2/h5-6,8,10-11,14,16,25H,3-4,7,9,12H2,1-2H3,(H,22,27). The van der Waals surface area contributed by atoms with Gasteiger partial charge in [-0.3, -0.25) is 14.4 Å². The fourth-order valence-corrected chi connectivity index (χ4v) is 3.77. The van der Waals surface area contributed by atoms with E-state index in [4.69, 9.17) is 4.74 Å². The number of carbonyl (C=O) groups is 2. The summed E-state index contributed by atoms with van der Waals surface area (Å²) in [4.78, 5) is 36.9. The highest BCUT2D eigenvalue weighted by Gasteiger charge is 2.32. The zero-order valence-corrected chi connectivity index (χ0v) is 16.6. The van der Waals surface area contributed by atoms with E-state index in [1.807, 2.05) is 13.0 Å². The van der Waals surface area contributed by atoms with E-state index < -0.39 is 17.2 Å². The van der Waals surface area contributed by atoms with Crippen molar-refractivity contribution in [2.45, 2.75) is 32.6 Å². The first-order chi connectivity index (χ1) is 13.9. The molecule has 8 nitrogen and oxygen atoms in total. The van der Waals surface area contributed by atoms with Gasteiger partial charge in [0.2, 0.25) is 0 Å². The molecule has 2 N–H and O–H groups in total. The van der Waals surface area contributed by atoms with Gasteiger partial charge < -0.3 is 15.2 Å². The number of ether oxygens (including phenoxy) is 1. The summed E-state index contributed by atoms with van der Waals surface area (Å²) in [5, 5.41) is 16.9. The van der Waals surface area contributed by atoms with Crippen LogP contribution in [0.3, 0.4) is 0 Å². The monoisotopic (exact) mass is 399 g/mol. The summed E-state index contributed by atoms with van der Waals surface area (Å²) in [5.41, 5.74) is 0.655. The van der Waals surface area contributed by atoms with Gasteiger partial charge in [0, 0.05) is 12.6 Å². The quantitative estimate of drug-likeness (QED) is 0.744. The molecule has 1 amide bonds. The summed E-state index contributed by atoms with van der Waals surface area (Å²) in [6.45, 7) is 2.15. The highest BCUT2D eigenvalue weighted by Crippen LogP contribution is 2.30. The second-order valence-corrected chi connectivity index (χ2v) is 7.35. The van der Waals surface area contributed by atoms with Gasteiger partial charge >= 0.3 is 5.97 Å². The summed E-state index contributed by atoms with van der Waals surface area (Å²) >= 11 is 0. The molecule has 0 bridgehead atoms. The number of aromatic nitrogens is 2. The summed E-state index contributed by atoms with van der Waals surface area (Å²) in [7, 11) is 1.36. The third kappa shape index (κ3) is 4.64. The van der Waals surface area contributed by atoms with Crippen molar-refractivity contribution in [1.29, 1.82) is 0 Å². The third-order valence-corrected chi connectivity index (χ3v) is 5.31. The van der Waals surface area contributed by atoms with Gasteiger partial charge in [-0.2, -0.15) is 9.78 Å². The number of nitrogens with zero attached hydrogens (tertiary/aromatic N) is 2. The SMILES string of the molecule is COC(=O)C1CCCCC1CNC(=O)c1nn(-c2cccc(C)c2)c(=O)cc1O. The second-order valence-electron chi connectivity index (χ2n) is 7.35. The first kappa shape index (κ1) is 20.6. The molecule has 2 atom stereocenters. The van der Waals surface area contributed by atoms with Crippen LogP contribution in [0, 0.1) is 18.8 Å². The van der Waals surface area contributed by atoms with Crippen LogP contribution >= 0.6 is 0 Å². The molecule has 0 aliphatic heterocycles. The highest BCUT2D eigenvalue weighted by atomic mass is 16.5. The molecule has 1 heterocycles. The average Bonchev–Trinajstić information content (AvgIpc) is 2.71. The van der Waals surface area contributed by atoms with E-state index in [1.165, 1.54) is 7.11 Å². The molecule has 0 saturated heterocycles. The van der Waals surface area contributed by atoms with E-state index in [1.54, 1.807) is 18.2 Å². The highest BCUT2D eigenvalue weighted by molar-refractivity contribution is 5.94. The van der Waals surface area contributed by atoms with Gasteiger partial charge in [0.1, 0.15) is 0 Å². The first-order valence-corrected chi connectivity index (χ1v) is 9.67. The van der Waals surface area contributed by atoms with Gasteiger partial charge in [0.05, 0.1) is 18.7 Å². The lowest BCUT2D eigenvalue weighted by molar-refractivity contribution is -0.148. The molecule has 0 spiro atoms. The van der Waals surface area contributed by atoms with E-state index in [0.717, 1.165) is 42.0 Å². The van der Waals surface area contributed by atoms with E-state index in [-0.39, 0.29) is 30.0 Å². The predicted molar refractivity (Wildman–Crippen MR) is 106 cm³/mol. The van der Waals surface area contributed by atoms with Crippen molar-refractivity contribution in [2.24, 2.45) is 11.8 Å². The van der Waals surface area contributed by atoms with Crippen LogP contribution in [0.2, 0.25) is 0 Å². The topological polar surface area (TPSA) is 111 Å². The largest absolute Gasteiger partial charge is 0.505 e. The van der Waals surface area contributed by atoms with Gasteiger partial charge in [-0.25, -0.2) is 0 Å². The Hall–Kier alpha value is -3.16. The molecule has 29 heavy (non-hydrogen) atoms. The maximum absolute atomic E-state index is 12.7. The lowest BCUT2D eigenvalue weighted by Gasteiger charge is -2.29. The fraction of sp³-hybridized carbons (Fsp3) is 0.429. The van der Waals surface area contributed by atoms with Crippen molar-refractivity contribution in [1.82, 2.24) is 15.1 Å². The van der Waals surface area contributed by atoms with Crippen molar-refractivity contribution >= 4 is 11.9 Å². The zero-order chi connectivity index (χ0) is 21.0. The number of hydrogen-bond acceptors (Lipinski definition) is 6. The molecule has 2 unspecified atom stereocenters. The Morgan fingerprint density at radius 2 is 2.03 bits per heavy atom. The van der Waals surface area contributed by atoms with Crippen molar-refractivity contribution in [3.8, 4) is 11.4 Å². The molecule has 8 heteroatoms. The minimum Gasteiger partial charge on any atom is -0.505 e. The number of rotatable bonds is 5. The first-order valence-electron chi connectivity index (χ1n) is 9.67. The molecule has 1 saturated carbocycles. The smallest absolute Gasteiger partial charge is 0.309 e. The van der Waals surface area contributed by atoms with Gasteiger partial charge in [0.15, 0.2) is 11.4 Å². The Morgan fingerprint density at radius 1 is 1.28 bits per heavy atom. The third-order valence-electron chi connectivity index (χ3n) is 5.31. The van der Waals surface area contributed by atoms with Crippen molar-refractivity contribution < 1.29 is 19.4 Å². The zero-order valence-electron chi connectivity index (χ0n) is 16.6. The van der Waals surface area contributed by atoms with E-state index in [2.05, 4.69) is 10.4 Å². The minimum absolute atomic E-state index is 0.0371. The van der Waals surface area contributed by atoms with Crippen LogP contribution in [0.4, 0.5) is 0 Å². The van der Waals surface area contributed by atoms with Gasteiger partial charge in [0.25, 0.3) is 11.5 Å². The molecule has 2 aromatic rings. The Morgan fingerprint density at radius 3 is 2.76 bits per heavy atom. The maximum Gasteiger partial charge on any atom is 0.309 e. The summed E-state index contributed by atoms with van der Waals surface area (Å²) < 4.78 is 5.96. The van der Waals surface area contributed by atoms with Gasteiger partial charge in [-0.1, -0.05) is 25.0 Å². The molecule has 0 radical (unpaired) electrons. The lowest BCUT2D eigenvalue weighted by atomic mass is 9.79. The van der Waals surface area contributed by atoms with Crippen LogP contribution in [0.25, 0.3) is 5.69 Å². The normalized spacial score (nSPS) is 18.8. The number of amides is 1. The minimum atomic E-state index is -0.599. The Balaban J connectivity index is 1.79. The maximum atomic E-state index is 12.7. The molecule has 1 aliphatic carbocycles. The van der Waals surface area contributed by atoms with Crippen LogP contribution in [-0.4, -0.2) is 40.4 Å². The van der Waals surface area contributed by atoms with Crippen LogP contribution in [0.1, 0.15) is 41.7 Å². The number of aryl methyl sites for hydroxylation is 1.